The van der Waals surface area contributed by atoms with Crippen molar-refractivity contribution in [2.75, 3.05) is 9.80 Å². The second-order valence-electron chi connectivity index (χ2n) is 15.9. The van der Waals surface area contributed by atoms with Crippen LogP contribution in [0.25, 0.3) is 38.6 Å². The molecule has 57 heavy (non-hydrogen) atoms. The van der Waals surface area contributed by atoms with Crippen LogP contribution in [0.15, 0.2) is 170 Å². The van der Waals surface area contributed by atoms with Crippen LogP contribution in [0.5, 0.6) is 23.0 Å². The predicted molar refractivity (Wildman–Crippen MR) is 233 cm³/mol. The quantitative estimate of drug-likeness (QED) is 0.181. The fourth-order valence-corrected chi connectivity index (χ4v) is 9.44. The van der Waals surface area contributed by atoms with Crippen molar-refractivity contribution in [2.24, 2.45) is 0 Å². The van der Waals surface area contributed by atoms with E-state index in [1.54, 1.807) is 0 Å². The van der Waals surface area contributed by atoms with Gasteiger partial charge in [-0.05, 0) is 132 Å². The number of rotatable bonds is 3. The van der Waals surface area contributed by atoms with Crippen molar-refractivity contribution in [2.45, 2.75) is 26.2 Å². The van der Waals surface area contributed by atoms with Gasteiger partial charge in [0.1, 0.15) is 0 Å². The summed E-state index contributed by atoms with van der Waals surface area (Å²) in [6, 6.07) is 60.9. The van der Waals surface area contributed by atoms with Crippen LogP contribution in [0.1, 0.15) is 30.5 Å². The summed E-state index contributed by atoms with van der Waals surface area (Å²) in [5, 5.41) is 2.44. The van der Waals surface area contributed by atoms with Gasteiger partial charge in [-0.25, -0.2) is 0 Å². The predicted octanol–water partition coefficient (Wildman–Crippen LogP) is 14.5. The summed E-state index contributed by atoms with van der Waals surface area (Å²) in [5.41, 5.74) is 16.0. The summed E-state index contributed by atoms with van der Waals surface area (Å²) < 4.78 is 15.2. The molecule has 2 aliphatic heterocycles. The largest absolute Gasteiger partial charge is 0.453 e. The van der Waals surface area contributed by atoms with Crippen molar-refractivity contribution in [3.8, 4) is 39.8 Å². The number of para-hydroxylation sites is 8. The molecule has 0 bridgehead atoms. The van der Waals surface area contributed by atoms with Crippen LogP contribution in [0.4, 0.5) is 34.1 Å². The number of aromatic nitrogens is 1. The van der Waals surface area contributed by atoms with E-state index in [1.807, 2.05) is 48.5 Å². The van der Waals surface area contributed by atoms with E-state index in [1.165, 1.54) is 49.6 Å². The highest BCUT2D eigenvalue weighted by Gasteiger charge is 2.38. The molecule has 8 aromatic carbocycles. The molecule has 1 aromatic heterocycles. The molecule has 12 rings (SSSR count). The molecule has 0 fully saturated rings. The molecule has 5 nitrogen and oxygen atoms in total. The van der Waals surface area contributed by atoms with E-state index in [-0.39, 0.29) is 5.41 Å². The van der Waals surface area contributed by atoms with Gasteiger partial charge >= 0.3 is 0 Å². The lowest BCUT2D eigenvalue weighted by atomic mass is 9.82. The smallest absolute Gasteiger partial charge is 0.151 e. The highest BCUT2D eigenvalue weighted by molar-refractivity contribution is 6.13. The zero-order valence-corrected chi connectivity index (χ0v) is 31.8. The van der Waals surface area contributed by atoms with Gasteiger partial charge in [0.05, 0.1) is 33.8 Å². The summed E-state index contributed by atoms with van der Waals surface area (Å²) in [6.07, 6.45) is 0. The molecule has 0 atom stereocenters. The maximum atomic E-state index is 6.39. The fraction of sp³-hybridized carbons (Fsp3) is 0.0769. The first kappa shape index (κ1) is 32.0. The number of nitrogens with zero attached hydrogens (tertiary/aromatic N) is 3. The lowest BCUT2D eigenvalue weighted by molar-refractivity contribution is 0.476. The number of hydrogen-bond donors (Lipinski definition) is 0. The maximum Gasteiger partial charge on any atom is 0.151 e. The van der Waals surface area contributed by atoms with Crippen LogP contribution >= 0.6 is 0 Å². The molecule has 0 unspecified atom stereocenters. The summed E-state index contributed by atoms with van der Waals surface area (Å²) in [5.74, 6) is 3.40. The normalized spacial score (nSPS) is 14.2. The highest BCUT2D eigenvalue weighted by Crippen LogP contribution is 2.56. The molecule has 0 radical (unpaired) electrons. The minimum Gasteiger partial charge on any atom is -0.453 e. The number of fused-ring (bicyclic) bond motifs is 10. The zero-order chi connectivity index (χ0) is 38.0. The Kier molecular flexibility index (Phi) is 6.54. The van der Waals surface area contributed by atoms with E-state index in [4.69, 9.17) is 9.47 Å². The molecule has 0 amide bonds. The van der Waals surface area contributed by atoms with Gasteiger partial charge in [0.25, 0.3) is 0 Å². The topological polar surface area (TPSA) is 29.9 Å². The number of aryl methyl sites for hydroxylation is 1. The van der Waals surface area contributed by atoms with Crippen LogP contribution in [0.3, 0.4) is 0 Å². The third-order valence-corrected chi connectivity index (χ3v) is 12.2. The van der Waals surface area contributed by atoms with Crippen molar-refractivity contribution in [3.05, 3.63) is 187 Å². The van der Waals surface area contributed by atoms with Crippen LogP contribution < -0.4 is 19.3 Å². The molecular weight excluding hydrogens is 699 g/mol. The Morgan fingerprint density at radius 1 is 0.404 bits per heavy atom. The van der Waals surface area contributed by atoms with E-state index in [9.17, 15) is 0 Å². The van der Waals surface area contributed by atoms with Gasteiger partial charge in [-0.1, -0.05) is 86.1 Å². The summed E-state index contributed by atoms with van der Waals surface area (Å²) in [4.78, 5) is 4.67. The summed E-state index contributed by atoms with van der Waals surface area (Å²) in [7, 11) is 0. The lowest BCUT2D eigenvalue weighted by Crippen LogP contribution is -2.18. The van der Waals surface area contributed by atoms with Crippen LogP contribution in [0, 0.1) is 6.92 Å². The fourth-order valence-electron chi connectivity index (χ4n) is 9.44. The number of benzene rings is 8. The molecule has 3 heterocycles. The maximum absolute atomic E-state index is 6.39. The van der Waals surface area contributed by atoms with E-state index in [0.717, 1.165) is 62.8 Å². The van der Waals surface area contributed by atoms with Gasteiger partial charge in [-0.3, -0.25) is 0 Å². The molecule has 3 aliphatic rings. The van der Waals surface area contributed by atoms with E-state index < -0.39 is 0 Å². The van der Waals surface area contributed by atoms with Gasteiger partial charge in [-0.15, -0.1) is 0 Å². The van der Waals surface area contributed by atoms with Crippen molar-refractivity contribution in [1.82, 2.24) is 4.57 Å². The highest BCUT2D eigenvalue weighted by atomic mass is 16.5. The Hall–Kier alpha value is -7.24. The van der Waals surface area contributed by atoms with Crippen LogP contribution in [-0.2, 0) is 5.41 Å². The van der Waals surface area contributed by atoms with Gasteiger partial charge in [0.15, 0.2) is 23.0 Å². The van der Waals surface area contributed by atoms with Crippen LogP contribution in [0.2, 0.25) is 0 Å². The average Bonchev–Trinajstić information content (AvgIpc) is 3.68. The average molecular weight is 736 g/mol. The summed E-state index contributed by atoms with van der Waals surface area (Å²) >= 11 is 0. The molecule has 0 N–H and O–H groups in total. The molecule has 1 aliphatic carbocycles. The Labute approximate surface area is 331 Å². The Morgan fingerprint density at radius 2 is 0.860 bits per heavy atom. The van der Waals surface area contributed by atoms with Gasteiger partial charge < -0.3 is 23.8 Å². The monoisotopic (exact) mass is 735 g/mol. The van der Waals surface area contributed by atoms with E-state index in [0.29, 0.717) is 0 Å². The Morgan fingerprint density at radius 3 is 1.42 bits per heavy atom. The van der Waals surface area contributed by atoms with Crippen molar-refractivity contribution in [1.29, 1.82) is 0 Å². The minimum absolute atomic E-state index is 0.252. The van der Waals surface area contributed by atoms with Gasteiger partial charge in [-0.2, -0.15) is 0 Å². The van der Waals surface area contributed by atoms with Gasteiger partial charge in [0, 0.05) is 33.2 Å². The SMILES string of the molecule is Cc1ccc(-n2c3ccc(N4c5ccccc5Oc5ccccc54)cc3c3cc4c(cc32)-c2ccc(N3c5ccccc5Oc5ccccc53)cc2C4(C)C)cc1. The van der Waals surface area contributed by atoms with E-state index in [2.05, 4.69) is 156 Å². The first-order chi connectivity index (χ1) is 27.9. The second kappa shape index (κ2) is 11.6. The molecule has 0 saturated heterocycles. The molecule has 0 spiro atoms. The van der Waals surface area contributed by atoms with Crippen molar-refractivity contribution >= 4 is 55.9 Å². The Balaban J connectivity index is 1.07. The zero-order valence-electron chi connectivity index (χ0n) is 31.8. The summed E-state index contributed by atoms with van der Waals surface area (Å²) in [6.45, 7) is 6.90. The molecule has 9 aromatic rings. The molecular formula is C52H37N3O2. The third-order valence-electron chi connectivity index (χ3n) is 12.2. The standard InChI is InChI=1S/C52H37N3O2/c1-32-20-22-33(23-21-32)53-42-27-25-34(54-43-12-4-8-16-48(43)56-49-17-9-5-13-44(49)54)28-38(42)39-30-41-37(31-47(39)53)36-26-24-35(29-40(36)52(41,2)3)55-45-14-6-10-18-50(45)57-51-19-11-7-15-46(51)55/h4-31H,1-3H3. The number of hydrogen-bond acceptors (Lipinski definition) is 4. The molecule has 0 saturated carbocycles. The molecule has 272 valence electrons. The number of anilines is 6. The van der Waals surface area contributed by atoms with E-state index >= 15 is 0 Å². The Bertz CT molecular complexity index is 3050. The van der Waals surface area contributed by atoms with Gasteiger partial charge in [0.2, 0.25) is 0 Å². The first-order valence-corrected chi connectivity index (χ1v) is 19.6. The van der Waals surface area contributed by atoms with Crippen molar-refractivity contribution < 1.29 is 9.47 Å². The minimum atomic E-state index is -0.252. The molecule has 5 heteroatoms. The first-order valence-electron chi connectivity index (χ1n) is 19.6. The van der Waals surface area contributed by atoms with Crippen molar-refractivity contribution in [3.63, 3.8) is 0 Å². The van der Waals surface area contributed by atoms with Crippen LogP contribution in [-0.4, -0.2) is 4.57 Å². The second-order valence-corrected chi connectivity index (χ2v) is 15.9. The number of ether oxygens (including phenoxy) is 2. The third kappa shape index (κ3) is 4.57. The lowest BCUT2D eigenvalue weighted by Gasteiger charge is -2.33.